The number of hydrogen-bond acceptors (Lipinski definition) is 4. The number of nitrogens with one attached hydrogen (secondary N) is 2. The largest absolute Gasteiger partial charge is 0.505 e. The second-order valence-electron chi connectivity index (χ2n) is 5.06. The summed E-state index contributed by atoms with van der Waals surface area (Å²) in [5, 5.41) is 23.3. The minimum atomic E-state index is -1.31. The van der Waals surface area contributed by atoms with E-state index in [0.717, 1.165) is 0 Å². The van der Waals surface area contributed by atoms with Gasteiger partial charge in [0.25, 0.3) is 0 Å². The van der Waals surface area contributed by atoms with Crippen molar-refractivity contribution < 1.29 is 24.6 Å². The average Bonchev–Trinajstić information content (AvgIpc) is 2.38. The van der Waals surface area contributed by atoms with Crippen molar-refractivity contribution in [1.29, 1.82) is 0 Å². The molecular weight excluding hydrogens is 278 g/mol. The van der Waals surface area contributed by atoms with E-state index in [1.807, 2.05) is 0 Å². The van der Waals surface area contributed by atoms with Gasteiger partial charge in [0.1, 0.15) is 5.56 Å². The number of nitrogens with two attached hydrogens (primary N) is 1. The van der Waals surface area contributed by atoms with Gasteiger partial charge in [-0.05, 0) is 26.0 Å². The Morgan fingerprint density at radius 3 is 2.43 bits per heavy atom. The number of carboxylic acid groups (broad SMARTS) is 1. The summed E-state index contributed by atoms with van der Waals surface area (Å²) in [5.41, 5.74) is 3.86. The van der Waals surface area contributed by atoms with Crippen LogP contribution < -0.4 is 16.4 Å². The summed E-state index contributed by atoms with van der Waals surface area (Å²) >= 11 is 0. The number of amides is 3. The van der Waals surface area contributed by atoms with Gasteiger partial charge in [-0.15, -0.1) is 0 Å². The van der Waals surface area contributed by atoms with E-state index < -0.39 is 29.1 Å². The van der Waals surface area contributed by atoms with Crippen molar-refractivity contribution in [3.05, 3.63) is 23.8 Å². The third-order valence-electron chi connectivity index (χ3n) is 2.87. The van der Waals surface area contributed by atoms with Crippen molar-refractivity contribution in [2.75, 3.05) is 11.9 Å². The monoisotopic (exact) mass is 295 g/mol. The molecule has 0 aliphatic carbocycles. The molecule has 21 heavy (non-hydrogen) atoms. The van der Waals surface area contributed by atoms with Crippen LogP contribution in [0.15, 0.2) is 18.2 Å². The number of anilines is 1. The first-order chi connectivity index (χ1) is 9.65. The zero-order valence-electron chi connectivity index (χ0n) is 11.6. The number of aromatic hydroxyl groups is 1. The first-order valence-electron chi connectivity index (χ1n) is 6.05. The molecule has 0 aliphatic rings. The number of benzene rings is 1. The Morgan fingerprint density at radius 2 is 1.90 bits per heavy atom. The smallest absolute Gasteiger partial charge is 0.339 e. The van der Waals surface area contributed by atoms with Crippen molar-refractivity contribution in [3.63, 3.8) is 0 Å². The number of carbonyl (C=O) groups is 3. The molecule has 6 N–H and O–H groups in total. The lowest BCUT2D eigenvalue weighted by molar-refractivity contribution is -0.125. The van der Waals surface area contributed by atoms with Gasteiger partial charge in [0.15, 0.2) is 5.75 Å². The third-order valence-corrected chi connectivity index (χ3v) is 2.87. The number of urea groups is 1. The van der Waals surface area contributed by atoms with Crippen LogP contribution >= 0.6 is 0 Å². The van der Waals surface area contributed by atoms with E-state index in [1.54, 1.807) is 13.8 Å². The first-order valence-corrected chi connectivity index (χ1v) is 6.05. The summed E-state index contributed by atoms with van der Waals surface area (Å²) in [6.07, 6.45) is 0. The van der Waals surface area contributed by atoms with Crippen LogP contribution in [0.4, 0.5) is 10.5 Å². The predicted octanol–water partition coefficient (Wildman–Crippen LogP) is 0.723. The van der Waals surface area contributed by atoms with Gasteiger partial charge < -0.3 is 26.6 Å². The molecule has 0 heterocycles. The van der Waals surface area contributed by atoms with Gasteiger partial charge in [0.05, 0.1) is 11.1 Å². The number of aromatic carboxylic acids is 1. The lowest BCUT2D eigenvalue weighted by Gasteiger charge is -2.21. The van der Waals surface area contributed by atoms with Crippen LogP contribution in [0.1, 0.15) is 24.2 Å². The second kappa shape index (κ2) is 6.12. The molecule has 0 saturated carbocycles. The average molecular weight is 295 g/mol. The van der Waals surface area contributed by atoms with Crippen LogP contribution in [-0.2, 0) is 4.79 Å². The van der Waals surface area contributed by atoms with Crippen LogP contribution in [0.5, 0.6) is 5.75 Å². The number of carboxylic acids is 1. The zero-order valence-corrected chi connectivity index (χ0v) is 11.6. The fourth-order valence-corrected chi connectivity index (χ4v) is 1.37. The number of hydrogen-bond donors (Lipinski definition) is 5. The Bertz CT molecular complexity index is 583. The maximum Gasteiger partial charge on any atom is 0.339 e. The SMILES string of the molecule is CC(C)(CNC(=O)Nc1cccc(C(=O)O)c1O)C(N)=O. The number of rotatable bonds is 5. The van der Waals surface area contributed by atoms with Crippen LogP contribution in [0.3, 0.4) is 0 Å². The van der Waals surface area contributed by atoms with E-state index in [4.69, 9.17) is 10.8 Å². The molecule has 1 aromatic rings. The minimum absolute atomic E-state index is 0.00640. The Hall–Kier alpha value is -2.77. The molecular formula is C13H17N3O5. The summed E-state index contributed by atoms with van der Waals surface area (Å²) in [6.45, 7) is 3.13. The lowest BCUT2D eigenvalue weighted by Crippen LogP contribution is -2.43. The van der Waals surface area contributed by atoms with Crippen LogP contribution in [0.2, 0.25) is 0 Å². The quantitative estimate of drug-likeness (QED) is 0.509. The van der Waals surface area contributed by atoms with Crippen LogP contribution in [0.25, 0.3) is 0 Å². The maximum atomic E-state index is 11.7. The predicted molar refractivity (Wildman–Crippen MR) is 75.1 cm³/mol. The van der Waals surface area contributed by atoms with Crippen molar-refractivity contribution >= 4 is 23.6 Å². The number of para-hydroxylation sites is 1. The van der Waals surface area contributed by atoms with Crippen LogP contribution in [-0.4, -0.2) is 34.7 Å². The second-order valence-corrected chi connectivity index (χ2v) is 5.06. The highest BCUT2D eigenvalue weighted by Gasteiger charge is 2.25. The fraction of sp³-hybridized carbons (Fsp3) is 0.308. The molecule has 0 fully saturated rings. The normalized spacial score (nSPS) is 10.8. The molecule has 0 unspecified atom stereocenters. The third kappa shape index (κ3) is 4.10. The molecule has 1 aromatic carbocycles. The molecule has 0 saturated heterocycles. The van der Waals surface area contributed by atoms with Gasteiger partial charge in [-0.2, -0.15) is 0 Å². The highest BCUT2D eigenvalue weighted by atomic mass is 16.4. The minimum Gasteiger partial charge on any atom is -0.505 e. The standard InChI is InChI=1S/C13H17N3O5/c1-13(2,11(14)20)6-15-12(21)16-8-5-3-4-7(9(8)17)10(18)19/h3-5,17H,6H2,1-2H3,(H2,14,20)(H,18,19)(H2,15,16,21). The molecule has 0 aromatic heterocycles. The van der Waals surface area contributed by atoms with E-state index in [0.29, 0.717) is 0 Å². The van der Waals surface area contributed by atoms with E-state index in [-0.39, 0.29) is 17.8 Å². The zero-order chi connectivity index (χ0) is 16.2. The summed E-state index contributed by atoms with van der Waals surface area (Å²) < 4.78 is 0. The Labute approximate surface area is 120 Å². The Balaban J connectivity index is 2.74. The van der Waals surface area contributed by atoms with E-state index in [9.17, 15) is 19.5 Å². The molecule has 114 valence electrons. The van der Waals surface area contributed by atoms with Gasteiger partial charge >= 0.3 is 12.0 Å². The Kier molecular flexibility index (Phi) is 4.75. The van der Waals surface area contributed by atoms with Gasteiger partial charge in [0, 0.05) is 6.54 Å². The summed E-state index contributed by atoms with van der Waals surface area (Å²) in [6, 6.07) is 3.24. The van der Waals surface area contributed by atoms with Crippen molar-refractivity contribution in [1.82, 2.24) is 5.32 Å². The number of primary amides is 1. The molecule has 8 nitrogen and oxygen atoms in total. The highest BCUT2D eigenvalue weighted by Crippen LogP contribution is 2.27. The molecule has 0 bridgehead atoms. The van der Waals surface area contributed by atoms with Crippen molar-refractivity contribution in [2.45, 2.75) is 13.8 Å². The molecule has 0 atom stereocenters. The number of carbonyl (C=O) groups excluding carboxylic acids is 2. The molecule has 1 rings (SSSR count). The molecule has 0 aliphatic heterocycles. The fourth-order valence-electron chi connectivity index (χ4n) is 1.37. The molecule has 3 amide bonds. The maximum absolute atomic E-state index is 11.7. The van der Waals surface area contributed by atoms with E-state index in [2.05, 4.69) is 10.6 Å². The molecule has 8 heteroatoms. The van der Waals surface area contributed by atoms with Gasteiger partial charge in [-0.3, -0.25) is 4.79 Å². The van der Waals surface area contributed by atoms with Crippen molar-refractivity contribution in [3.8, 4) is 5.75 Å². The Morgan fingerprint density at radius 1 is 1.29 bits per heavy atom. The van der Waals surface area contributed by atoms with Crippen molar-refractivity contribution in [2.24, 2.45) is 11.1 Å². The van der Waals surface area contributed by atoms with Gasteiger partial charge in [0.2, 0.25) is 5.91 Å². The summed E-state index contributed by atoms with van der Waals surface area (Å²) in [4.78, 5) is 33.6. The number of phenols is 1. The topological polar surface area (TPSA) is 142 Å². The highest BCUT2D eigenvalue weighted by molar-refractivity contribution is 5.97. The lowest BCUT2D eigenvalue weighted by atomic mass is 9.93. The van der Waals surface area contributed by atoms with E-state index >= 15 is 0 Å². The first kappa shape index (κ1) is 16.3. The summed E-state index contributed by atoms with van der Waals surface area (Å²) in [5.74, 6) is -2.43. The van der Waals surface area contributed by atoms with Gasteiger partial charge in [-0.25, -0.2) is 9.59 Å². The van der Waals surface area contributed by atoms with Gasteiger partial charge in [-0.1, -0.05) is 6.07 Å². The van der Waals surface area contributed by atoms with E-state index in [1.165, 1.54) is 18.2 Å². The molecule has 0 radical (unpaired) electrons. The molecule has 0 spiro atoms. The van der Waals surface area contributed by atoms with Crippen LogP contribution in [0, 0.1) is 5.41 Å². The summed E-state index contributed by atoms with van der Waals surface area (Å²) in [7, 11) is 0.